The molecule has 6 heteroatoms. The molecule has 120 valence electrons. The number of para-hydroxylation sites is 1. The molecule has 0 radical (unpaired) electrons. The van der Waals surface area contributed by atoms with Gasteiger partial charge in [-0.3, -0.25) is 4.79 Å². The second kappa shape index (κ2) is 5.53. The van der Waals surface area contributed by atoms with Crippen molar-refractivity contribution in [3.8, 4) is 0 Å². The molecule has 1 aromatic carbocycles. The van der Waals surface area contributed by atoms with E-state index >= 15 is 0 Å². The van der Waals surface area contributed by atoms with E-state index in [9.17, 15) is 9.18 Å². The summed E-state index contributed by atoms with van der Waals surface area (Å²) in [6.45, 7) is 5.72. The number of carbonyl (C=O) groups is 1. The third kappa shape index (κ3) is 2.50. The Bertz CT molecular complexity index is 875. The molecule has 0 saturated heterocycles. The lowest BCUT2D eigenvalue weighted by atomic mass is 10.1. The number of fused-ring (bicyclic) bond motifs is 1. The zero-order valence-corrected chi connectivity index (χ0v) is 13.4. The van der Waals surface area contributed by atoms with Crippen LogP contribution in [0.5, 0.6) is 0 Å². The van der Waals surface area contributed by atoms with Gasteiger partial charge >= 0.3 is 0 Å². The van der Waals surface area contributed by atoms with Crippen LogP contribution in [-0.2, 0) is 6.54 Å². The summed E-state index contributed by atoms with van der Waals surface area (Å²) in [4.78, 5) is 14.2. The number of hydrogen-bond donors (Lipinski definition) is 0. The highest BCUT2D eigenvalue weighted by atomic mass is 19.1. The number of benzene rings is 1. The van der Waals surface area contributed by atoms with E-state index in [1.807, 2.05) is 6.92 Å². The van der Waals surface area contributed by atoms with Crippen LogP contribution in [0.15, 0.2) is 27.1 Å². The summed E-state index contributed by atoms with van der Waals surface area (Å²) >= 11 is 0. The molecule has 0 unspecified atom stereocenters. The minimum absolute atomic E-state index is 0.110. The van der Waals surface area contributed by atoms with Gasteiger partial charge in [-0.25, -0.2) is 4.39 Å². The van der Waals surface area contributed by atoms with Crippen LogP contribution in [0.2, 0.25) is 0 Å². The molecule has 0 fully saturated rings. The van der Waals surface area contributed by atoms with Gasteiger partial charge in [0.25, 0.3) is 5.91 Å². The molecule has 2 heterocycles. The van der Waals surface area contributed by atoms with E-state index in [0.717, 1.165) is 11.3 Å². The summed E-state index contributed by atoms with van der Waals surface area (Å²) in [5.74, 6) is 0.0463. The number of furan rings is 1. The van der Waals surface area contributed by atoms with E-state index in [1.165, 1.54) is 11.0 Å². The molecule has 0 spiro atoms. The number of aromatic nitrogens is 1. The third-order valence-electron chi connectivity index (χ3n) is 4.03. The highest BCUT2D eigenvalue weighted by Gasteiger charge is 2.23. The molecule has 5 nitrogen and oxygen atoms in total. The van der Waals surface area contributed by atoms with Gasteiger partial charge in [-0.15, -0.1) is 0 Å². The maximum atomic E-state index is 13.8. The summed E-state index contributed by atoms with van der Waals surface area (Å²) in [5.41, 5.74) is 2.35. The average molecular weight is 316 g/mol. The second-order valence-electron chi connectivity index (χ2n) is 5.64. The molecule has 0 N–H and O–H groups in total. The van der Waals surface area contributed by atoms with E-state index in [1.54, 1.807) is 33.0 Å². The van der Waals surface area contributed by atoms with E-state index in [-0.39, 0.29) is 17.3 Å². The van der Waals surface area contributed by atoms with Crippen molar-refractivity contribution < 1.29 is 18.1 Å². The summed E-state index contributed by atoms with van der Waals surface area (Å²) < 4.78 is 24.4. The van der Waals surface area contributed by atoms with Crippen LogP contribution in [0.1, 0.15) is 33.1 Å². The fraction of sp³-hybridized carbons (Fsp3) is 0.294. The standard InChI is InChI=1S/C17H17FN2O3/c1-9-12-6-5-7-14(18)16(12)22-15(9)17(21)20(4)8-13-10(2)19-23-11(13)3/h5-7H,8H2,1-4H3. The minimum Gasteiger partial charge on any atom is -0.448 e. The highest BCUT2D eigenvalue weighted by molar-refractivity contribution is 5.98. The van der Waals surface area contributed by atoms with Crippen molar-refractivity contribution in [2.24, 2.45) is 0 Å². The number of hydrogen-bond acceptors (Lipinski definition) is 4. The summed E-state index contributed by atoms with van der Waals surface area (Å²) in [6, 6.07) is 4.65. The van der Waals surface area contributed by atoms with Crippen molar-refractivity contribution >= 4 is 16.9 Å². The molecule has 0 bridgehead atoms. The van der Waals surface area contributed by atoms with Crippen LogP contribution in [0.25, 0.3) is 11.0 Å². The lowest BCUT2D eigenvalue weighted by molar-refractivity contribution is 0.0754. The molecular formula is C17H17FN2O3. The molecule has 1 amide bonds. The molecule has 0 aliphatic heterocycles. The normalized spacial score (nSPS) is 11.2. The van der Waals surface area contributed by atoms with Gasteiger partial charge in [0.05, 0.1) is 12.2 Å². The van der Waals surface area contributed by atoms with Crippen molar-refractivity contribution in [2.75, 3.05) is 7.05 Å². The SMILES string of the molecule is Cc1noc(C)c1CN(C)C(=O)c1oc2c(F)cccc2c1C. The molecule has 23 heavy (non-hydrogen) atoms. The predicted molar refractivity (Wildman–Crippen MR) is 82.7 cm³/mol. The lowest BCUT2D eigenvalue weighted by Gasteiger charge is -2.15. The molecule has 0 atom stereocenters. The second-order valence-corrected chi connectivity index (χ2v) is 5.64. The summed E-state index contributed by atoms with van der Waals surface area (Å²) in [7, 11) is 1.66. The van der Waals surface area contributed by atoms with Crippen LogP contribution in [0.3, 0.4) is 0 Å². The monoisotopic (exact) mass is 316 g/mol. The van der Waals surface area contributed by atoms with Crippen molar-refractivity contribution in [1.29, 1.82) is 0 Å². The zero-order chi connectivity index (χ0) is 16.7. The van der Waals surface area contributed by atoms with Gasteiger partial charge in [-0.05, 0) is 26.8 Å². The van der Waals surface area contributed by atoms with Gasteiger partial charge in [-0.2, -0.15) is 0 Å². The highest BCUT2D eigenvalue weighted by Crippen LogP contribution is 2.28. The van der Waals surface area contributed by atoms with Crippen molar-refractivity contribution in [1.82, 2.24) is 10.1 Å². The van der Waals surface area contributed by atoms with Gasteiger partial charge in [0.1, 0.15) is 5.76 Å². The molecular weight excluding hydrogens is 299 g/mol. The third-order valence-corrected chi connectivity index (χ3v) is 4.03. The first-order chi connectivity index (χ1) is 10.9. The Morgan fingerprint density at radius 3 is 2.65 bits per heavy atom. The van der Waals surface area contributed by atoms with E-state index in [0.29, 0.717) is 23.3 Å². The van der Waals surface area contributed by atoms with Gasteiger partial charge < -0.3 is 13.8 Å². The molecule has 0 saturated carbocycles. The predicted octanol–water partition coefficient (Wildman–Crippen LogP) is 3.76. The number of halogens is 1. The Kier molecular flexibility index (Phi) is 3.67. The first-order valence-corrected chi connectivity index (χ1v) is 7.25. The van der Waals surface area contributed by atoms with Crippen molar-refractivity contribution in [2.45, 2.75) is 27.3 Å². The maximum absolute atomic E-state index is 13.8. The Balaban J connectivity index is 1.94. The van der Waals surface area contributed by atoms with Crippen LogP contribution in [0.4, 0.5) is 4.39 Å². The molecule has 0 aliphatic rings. The fourth-order valence-corrected chi connectivity index (χ4v) is 2.62. The Labute approximate surface area is 132 Å². The van der Waals surface area contributed by atoms with Gasteiger partial charge in [0.2, 0.25) is 0 Å². The van der Waals surface area contributed by atoms with Crippen molar-refractivity contribution in [3.63, 3.8) is 0 Å². The Morgan fingerprint density at radius 2 is 2.04 bits per heavy atom. The van der Waals surface area contributed by atoms with Crippen LogP contribution in [0, 0.1) is 26.6 Å². The average Bonchev–Trinajstić information content (AvgIpc) is 3.02. The van der Waals surface area contributed by atoms with Gasteiger partial charge in [0.15, 0.2) is 17.2 Å². The Morgan fingerprint density at radius 1 is 1.30 bits per heavy atom. The summed E-state index contributed by atoms with van der Waals surface area (Å²) in [5, 5.41) is 4.49. The molecule has 3 aromatic rings. The van der Waals surface area contributed by atoms with Crippen molar-refractivity contribution in [3.05, 3.63) is 52.4 Å². The number of amides is 1. The number of carbonyl (C=O) groups excluding carboxylic acids is 1. The van der Waals surface area contributed by atoms with Gasteiger partial charge in [0, 0.05) is 23.6 Å². The number of aryl methyl sites for hydroxylation is 3. The molecule has 3 rings (SSSR count). The first-order valence-electron chi connectivity index (χ1n) is 7.25. The quantitative estimate of drug-likeness (QED) is 0.738. The first kappa shape index (κ1) is 15.3. The topological polar surface area (TPSA) is 59.5 Å². The van der Waals surface area contributed by atoms with E-state index < -0.39 is 5.82 Å². The zero-order valence-electron chi connectivity index (χ0n) is 13.4. The van der Waals surface area contributed by atoms with E-state index in [4.69, 9.17) is 8.94 Å². The van der Waals surface area contributed by atoms with Crippen LogP contribution in [-0.4, -0.2) is 23.0 Å². The van der Waals surface area contributed by atoms with E-state index in [2.05, 4.69) is 5.16 Å². The number of rotatable bonds is 3. The fourth-order valence-electron chi connectivity index (χ4n) is 2.62. The lowest BCUT2D eigenvalue weighted by Crippen LogP contribution is -2.26. The van der Waals surface area contributed by atoms with Crippen LogP contribution >= 0.6 is 0 Å². The number of nitrogens with zero attached hydrogens (tertiary/aromatic N) is 2. The van der Waals surface area contributed by atoms with Gasteiger partial charge in [-0.1, -0.05) is 17.3 Å². The largest absolute Gasteiger partial charge is 0.448 e. The maximum Gasteiger partial charge on any atom is 0.289 e. The Hall–Kier alpha value is -2.63. The molecule has 0 aliphatic carbocycles. The summed E-state index contributed by atoms with van der Waals surface area (Å²) in [6.07, 6.45) is 0. The molecule has 2 aromatic heterocycles. The smallest absolute Gasteiger partial charge is 0.289 e. The minimum atomic E-state index is -0.474. The van der Waals surface area contributed by atoms with Crippen LogP contribution < -0.4 is 0 Å².